The minimum atomic E-state index is -0.370. The lowest BCUT2D eigenvalue weighted by atomic mass is 10.0. The summed E-state index contributed by atoms with van der Waals surface area (Å²) in [7, 11) is 0. The molecule has 0 saturated heterocycles. The van der Waals surface area contributed by atoms with Crippen molar-refractivity contribution in [1.82, 2.24) is 5.32 Å². The fourth-order valence-corrected chi connectivity index (χ4v) is 1.77. The van der Waals surface area contributed by atoms with Crippen molar-refractivity contribution < 1.29 is 9.90 Å². The summed E-state index contributed by atoms with van der Waals surface area (Å²) in [5.74, 6) is 0.143. The minimum Gasteiger partial charge on any atom is -0.393 e. The number of aliphatic hydroxyl groups excluding tert-OH is 1. The van der Waals surface area contributed by atoms with E-state index in [1.165, 1.54) is 0 Å². The predicted octanol–water partition coefficient (Wildman–Crippen LogP) is 2.41. The highest BCUT2D eigenvalue weighted by molar-refractivity contribution is 6.31. The fourth-order valence-electron chi connectivity index (χ4n) is 1.57. The van der Waals surface area contributed by atoms with E-state index in [2.05, 4.69) is 5.32 Å². The Kier molecular flexibility index (Phi) is 6.16. The Bertz CT molecular complexity index is 393. The molecule has 0 heterocycles. The van der Waals surface area contributed by atoms with Crippen molar-refractivity contribution in [1.29, 1.82) is 0 Å². The van der Waals surface area contributed by atoms with Crippen LogP contribution in [0.2, 0.25) is 5.02 Å². The number of benzene rings is 1. The molecule has 1 aromatic rings. The maximum Gasteiger partial charge on any atom is 0.224 e. The molecule has 1 unspecified atom stereocenters. The first-order valence-corrected chi connectivity index (χ1v) is 6.56. The Balaban J connectivity index is 2.33. The van der Waals surface area contributed by atoms with Crippen LogP contribution in [-0.2, 0) is 11.2 Å². The molecule has 0 aliphatic carbocycles. The Morgan fingerprint density at radius 1 is 1.39 bits per heavy atom. The second kappa shape index (κ2) is 7.39. The third kappa shape index (κ3) is 5.07. The lowest BCUT2D eigenvalue weighted by Crippen LogP contribution is -2.29. The summed E-state index contributed by atoms with van der Waals surface area (Å²) in [5, 5.41) is 13.0. The smallest absolute Gasteiger partial charge is 0.224 e. The molecule has 0 aliphatic rings. The number of carbonyl (C=O) groups is 1. The molecule has 1 amide bonds. The lowest BCUT2D eigenvalue weighted by molar-refractivity contribution is -0.120. The number of rotatable bonds is 6. The van der Waals surface area contributed by atoms with E-state index in [0.29, 0.717) is 18.0 Å². The van der Waals surface area contributed by atoms with Crippen LogP contribution in [0.5, 0.6) is 0 Å². The quantitative estimate of drug-likeness (QED) is 0.833. The first-order valence-electron chi connectivity index (χ1n) is 6.19. The zero-order valence-corrected chi connectivity index (χ0v) is 11.6. The molecule has 0 fully saturated rings. The van der Waals surface area contributed by atoms with Crippen LogP contribution in [0, 0.1) is 5.92 Å². The summed E-state index contributed by atoms with van der Waals surface area (Å²) in [6.07, 6.45) is 0.481. The van der Waals surface area contributed by atoms with E-state index < -0.39 is 0 Å². The van der Waals surface area contributed by atoms with Gasteiger partial charge in [-0.3, -0.25) is 4.79 Å². The lowest BCUT2D eigenvalue weighted by Gasteiger charge is -2.14. The number of carbonyl (C=O) groups excluding carboxylic acids is 1. The van der Waals surface area contributed by atoms with Gasteiger partial charge < -0.3 is 10.4 Å². The molecule has 3 nitrogen and oxygen atoms in total. The van der Waals surface area contributed by atoms with E-state index in [9.17, 15) is 9.90 Å². The zero-order chi connectivity index (χ0) is 13.5. The van der Waals surface area contributed by atoms with Crippen molar-refractivity contribution in [3.63, 3.8) is 0 Å². The molecule has 0 radical (unpaired) electrons. The van der Waals surface area contributed by atoms with Gasteiger partial charge in [0.25, 0.3) is 0 Å². The van der Waals surface area contributed by atoms with Gasteiger partial charge in [-0.2, -0.15) is 0 Å². The van der Waals surface area contributed by atoms with E-state index in [0.717, 1.165) is 5.56 Å². The van der Waals surface area contributed by atoms with Crippen molar-refractivity contribution in [3.8, 4) is 0 Å². The Hall–Kier alpha value is -1.06. The molecule has 0 spiro atoms. The van der Waals surface area contributed by atoms with Crippen LogP contribution in [0.3, 0.4) is 0 Å². The van der Waals surface area contributed by atoms with Gasteiger partial charge in [-0.25, -0.2) is 0 Å². The predicted molar refractivity (Wildman–Crippen MR) is 73.6 cm³/mol. The van der Waals surface area contributed by atoms with Gasteiger partial charge in [-0.1, -0.05) is 43.6 Å². The van der Waals surface area contributed by atoms with Crippen LogP contribution in [0.4, 0.5) is 0 Å². The van der Waals surface area contributed by atoms with Gasteiger partial charge in [0.15, 0.2) is 0 Å². The van der Waals surface area contributed by atoms with Crippen molar-refractivity contribution in [2.75, 3.05) is 6.54 Å². The first kappa shape index (κ1) is 15.0. The van der Waals surface area contributed by atoms with Crippen LogP contribution in [-0.4, -0.2) is 23.7 Å². The molecule has 1 atom stereocenters. The summed E-state index contributed by atoms with van der Waals surface area (Å²) < 4.78 is 0. The summed E-state index contributed by atoms with van der Waals surface area (Å²) in [4.78, 5) is 11.7. The second-order valence-corrected chi connectivity index (χ2v) is 5.13. The first-order chi connectivity index (χ1) is 8.50. The largest absolute Gasteiger partial charge is 0.393 e. The third-order valence-electron chi connectivity index (χ3n) is 2.84. The van der Waals surface area contributed by atoms with Gasteiger partial charge in [-0.15, -0.1) is 0 Å². The Morgan fingerprint density at radius 2 is 2.06 bits per heavy atom. The molecule has 1 aromatic carbocycles. The summed E-state index contributed by atoms with van der Waals surface area (Å²) in [6, 6.07) is 7.30. The van der Waals surface area contributed by atoms with E-state index >= 15 is 0 Å². The van der Waals surface area contributed by atoms with E-state index in [-0.39, 0.29) is 24.3 Å². The minimum absolute atomic E-state index is 0.0703. The molecule has 0 saturated carbocycles. The molecular formula is C14H20ClNO2. The summed E-state index contributed by atoms with van der Waals surface area (Å²) >= 11 is 5.97. The zero-order valence-electron chi connectivity index (χ0n) is 10.8. The van der Waals surface area contributed by atoms with Crippen LogP contribution in [0.1, 0.15) is 25.8 Å². The molecule has 1 rings (SSSR count). The van der Waals surface area contributed by atoms with Crippen LogP contribution < -0.4 is 5.32 Å². The number of aliphatic hydroxyl groups is 1. The topological polar surface area (TPSA) is 49.3 Å². The number of nitrogens with one attached hydrogen (secondary N) is 1. The highest BCUT2D eigenvalue weighted by atomic mass is 35.5. The molecule has 0 aliphatic heterocycles. The van der Waals surface area contributed by atoms with E-state index in [1.807, 2.05) is 32.0 Å². The van der Waals surface area contributed by atoms with Crippen LogP contribution in [0.25, 0.3) is 0 Å². The van der Waals surface area contributed by atoms with E-state index in [1.54, 1.807) is 6.07 Å². The highest BCUT2D eigenvalue weighted by Gasteiger charge is 2.10. The van der Waals surface area contributed by atoms with Crippen molar-refractivity contribution in [3.05, 3.63) is 34.9 Å². The second-order valence-electron chi connectivity index (χ2n) is 4.72. The van der Waals surface area contributed by atoms with Gasteiger partial charge in [0.1, 0.15) is 0 Å². The average molecular weight is 270 g/mol. The van der Waals surface area contributed by atoms with Gasteiger partial charge in [-0.05, 0) is 24.0 Å². The molecule has 100 valence electrons. The van der Waals surface area contributed by atoms with Crippen LogP contribution >= 0.6 is 11.6 Å². The standard InChI is InChI=1S/C14H20ClNO2/c1-10(2)13(17)7-8-16-14(18)9-11-5-3-4-6-12(11)15/h3-6,10,13,17H,7-9H2,1-2H3,(H,16,18). The van der Waals surface area contributed by atoms with Crippen molar-refractivity contribution in [2.45, 2.75) is 32.8 Å². The molecule has 18 heavy (non-hydrogen) atoms. The highest BCUT2D eigenvalue weighted by Crippen LogP contribution is 2.15. The van der Waals surface area contributed by atoms with Crippen molar-refractivity contribution >= 4 is 17.5 Å². The third-order valence-corrected chi connectivity index (χ3v) is 3.21. The average Bonchev–Trinajstić information content (AvgIpc) is 2.32. The van der Waals surface area contributed by atoms with Gasteiger partial charge in [0.2, 0.25) is 5.91 Å². The summed E-state index contributed by atoms with van der Waals surface area (Å²) in [6.45, 7) is 4.40. The molecule has 2 N–H and O–H groups in total. The number of hydrogen-bond acceptors (Lipinski definition) is 2. The normalized spacial score (nSPS) is 12.5. The maximum atomic E-state index is 11.7. The summed E-state index contributed by atoms with van der Waals surface area (Å²) in [5.41, 5.74) is 0.820. The molecule has 4 heteroatoms. The Morgan fingerprint density at radius 3 is 2.67 bits per heavy atom. The van der Waals surface area contributed by atoms with Gasteiger partial charge >= 0.3 is 0 Å². The van der Waals surface area contributed by atoms with E-state index in [4.69, 9.17) is 11.6 Å². The number of amides is 1. The fraction of sp³-hybridized carbons (Fsp3) is 0.500. The monoisotopic (exact) mass is 269 g/mol. The van der Waals surface area contributed by atoms with Crippen molar-refractivity contribution in [2.24, 2.45) is 5.92 Å². The Labute approximate surface area is 113 Å². The SMILES string of the molecule is CC(C)C(O)CCNC(=O)Cc1ccccc1Cl. The number of halogens is 1. The molecule has 0 aromatic heterocycles. The number of hydrogen-bond donors (Lipinski definition) is 2. The van der Waals surface area contributed by atoms with Gasteiger partial charge in [0, 0.05) is 11.6 Å². The van der Waals surface area contributed by atoms with Gasteiger partial charge in [0.05, 0.1) is 12.5 Å². The molecule has 0 bridgehead atoms. The maximum absolute atomic E-state index is 11.7. The van der Waals surface area contributed by atoms with Crippen LogP contribution in [0.15, 0.2) is 24.3 Å². The molecular weight excluding hydrogens is 250 g/mol.